The molecule has 5 nitrogen and oxygen atoms in total. The predicted molar refractivity (Wildman–Crippen MR) is 65.6 cm³/mol. The summed E-state index contributed by atoms with van der Waals surface area (Å²) >= 11 is 0. The Morgan fingerprint density at radius 3 is 2.83 bits per heavy atom. The number of β-amino-alcohol motifs (C(OH)–C–C–N with tert-alkyl or cyclic N) is 1. The fraction of sp³-hybridized carbons (Fsp3) is 0.462. The van der Waals surface area contributed by atoms with Gasteiger partial charge in [0.05, 0.1) is 19.6 Å². The highest BCUT2D eigenvalue weighted by atomic mass is 16.5. The number of ether oxygens (including phenoxy) is 1. The van der Waals surface area contributed by atoms with Crippen LogP contribution in [-0.2, 0) is 11.2 Å². The van der Waals surface area contributed by atoms with Crippen molar-refractivity contribution < 1.29 is 19.7 Å². The van der Waals surface area contributed by atoms with E-state index in [2.05, 4.69) is 0 Å². The Balaban J connectivity index is 1.94. The molecule has 1 aliphatic heterocycles. The number of rotatable bonds is 4. The van der Waals surface area contributed by atoms with Gasteiger partial charge in [-0.1, -0.05) is 6.07 Å². The molecule has 0 radical (unpaired) electrons. The highest BCUT2D eigenvalue weighted by Crippen LogP contribution is 2.26. The third-order valence-corrected chi connectivity index (χ3v) is 3.11. The molecule has 5 heteroatoms. The second-order valence-electron chi connectivity index (χ2n) is 4.45. The van der Waals surface area contributed by atoms with Crippen molar-refractivity contribution in [2.75, 3.05) is 20.2 Å². The van der Waals surface area contributed by atoms with Crippen LogP contribution in [0.4, 0.5) is 0 Å². The number of phenolic OH excluding ortho intramolecular Hbond substituents is 1. The smallest absolute Gasteiger partial charge is 0.225 e. The van der Waals surface area contributed by atoms with E-state index in [-0.39, 0.29) is 18.1 Å². The quantitative estimate of drug-likeness (QED) is 0.819. The minimum absolute atomic E-state index is 0.0137. The van der Waals surface area contributed by atoms with Gasteiger partial charge in [-0.15, -0.1) is 0 Å². The topological polar surface area (TPSA) is 70.0 Å². The van der Waals surface area contributed by atoms with Crippen molar-refractivity contribution in [2.45, 2.75) is 18.9 Å². The van der Waals surface area contributed by atoms with Crippen molar-refractivity contribution in [3.63, 3.8) is 0 Å². The predicted octanol–water partition coefficient (Wildman–Crippen LogP) is 0.536. The van der Waals surface area contributed by atoms with Crippen LogP contribution in [0.2, 0.25) is 0 Å². The van der Waals surface area contributed by atoms with Gasteiger partial charge in [0.25, 0.3) is 0 Å². The molecule has 0 spiro atoms. The molecule has 98 valence electrons. The summed E-state index contributed by atoms with van der Waals surface area (Å²) in [5, 5.41) is 19.0. The zero-order chi connectivity index (χ0) is 13.1. The third-order valence-electron chi connectivity index (χ3n) is 3.11. The van der Waals surface area contributed by atoms with Gasteiger partial charge < -0.3 is 19.8 Å². The van der Waals surface area contributed by atoms with Crippen molar-refractivity contribution in [2.24, 2.45) is 0 Å². The zero-order valence-corrected chi connectivity index (χ0v) is 10.3. The van der Waals surface area contributed by atoms with Gasteiger partial charge >= 0.3 is 0 Å². The van der Waals surface area contributed by atoms with Gasteiger partial charge in [-0.3, -0.25) is 4.79 Å². The number of hydrogen-bond acceptors (Lipinski definition) is 4. The normalized spacial score (nSPS) is 19.3. The molecule has 1 atom stereocenters. The van der Waals surface area contributed by atoms with E-state index in [4.69, 9.17) is 4.74 Å². The molecule has 1 amide bonds. The molecular formula is C13H17NO4. The Kier molecular flexibility index (Phi) is 3.72. The monoisotopic (exact) mass is 251 g/mol. The van der Waals surface area contributed by atoms with E-state index in [1.54, 1.807) is 17.0 Å². The largest absolute Gasteiger partial charge is 0.504 e. The van der Waals surface area contributed by atoms with Crippen molar-refractivity contribution in [1.82, 2.24) is 4.90 Å². The van der Waals surface area contributed by atoms with Gasteiger partial charge in [-0.25, -0.2) is 0 Å². The number of aliphatic hydroxyl groups excluding tert-OH is 1. The second-order valence-corrected chi connectivity index (χ2v) is 4.45. The highest BCUT2D eigenvalue weighted by molar-refractivity contribution is 5.79. The van der Waals surface area contributed by atoms with Gasteiger partial charge in [0.2, 0.25) is 5.91 Å². The van der Waals surface area contributed by atoms with E-state index in [9.17, 15) is 15.0 Å². The Morgan fingerprint density at radius 1 is 1.50 bits per heavy atom. The van der Waals surface area contributed by atoms with Crippen molar-refractivity contribution >= 4 is 5.91 Å². The van der Waals surface area contributed by atoms with Crippen LogP contribution in [-0.4, -0.2) is 47.3 Å². The first-order valence-electron chi connectivity index (χ1n) is 5.92. The first kappa shape index (κ1) is 12.7. The zero-order valence-electron chi connectivity index (χ0n) is 10.3. The Bertz CT molecular complexity index is 447. The average molecular weight is 251 g/mol. The van der Waals surface area contributed by atoms with Crippen LogP contribution in [0.25, 0.3) is 0 Å². The molecule has 1 aromatic rings. The number of phenols is 1. The number of carbonyl (C=O) groups excluding carboxylic acids is 1. The number of carbonyl (C=O) groups is 1. The fourth-order valence-corrected chi connectivity index (χ4v) is 2.12. The maximum atomic E-state index is 11.5. The summed E-state index contributed by atoms with van der Waals surface area (Å²) < 4.78 is 4.96. The summed E-state index contributed by atoms with van der Waals surface area (Å²) in [5.74, 6) is 0.523. The first-order valence-corrected chi connectivity index (χ1v) is 5.92. The summed E-state index contributed by atoms with van der Waals surface area (Å²) in [6, 6.07) is 5.19. The number of aliphatic hydroxyl groups is 1. The molecule has 0 bridgehead atoms. The number of amides is 1. The second kappa shape index (κ2) is 5.27. The minimum Gasteiger partial charge on any atom is -0.504 e. The third kappa shape index (κ3) is 2.73. The fourth-order valence-electron chi connectivity index (χ4n) is 2.12. The number of hydrogen-bond donors (Lipinski definition) is 2. The summed E-state index contributed by atoms with van der Waals surface area (Å²) in [4.78, 5) is 13.1. The van der Waals surface area contributed by atoms with Crippen molar-refractivity contribution in [1.29, 1.82) is 0 Å². The lowest BCUT2D eigenvalue weighted by Crippen LogP contribution is -2.28. The van der Waals surface area contributed by atoms with Crippen LogP contribution in [0.15, 0.2) is 18.2 Å². The lowest BCUT2D eigenvalue weighted by atomic mass is 10.1. The first-order chi connectivity index (χ1) is 8.60. The van der Waals surface area contributed by atoms with Crippen molar-refractivity contribution in [3.05, 3.63) is 23.8 Å². The molecule has 1 fully saturated rings. The molecule has 1 unspecified atom stereocenters. The molecule has 0 saturated carbocycles. The number of methoxy groups -OCH3 is 1. The summed E-state index contributed by atoms with van der Waals surface area (Å²) in [5.41, 5.74) is 0.933. The van der Waals surface area contributed by atoms with Crippen LogP contribution in [0.5, 0.6) is 11.5 Å². The number of nitrogens with zero attached hydrogens (tertiary/aromatic N) is 1. The van der Waals surface area contributed by atoms with Gasteiger partial charge in [-0.2, -0.15) is 0 Å². The van der Waals surface area contributed by atoms with E-state index < -0.39 is 6.10 Å². The number of likely N-dealkylation sites (tertiary alicyclic amines) is 1. The van der Waals surface area contributed by atoms with Gasteiger partial charge in [0.15, 0.2) is 11.5 Å². The molecule has 0 aliphatic carbocycles. The van der Waals surface area contributed by atoms with Crippen LogP contribution >= 0.6 is 0 Å². The van der Waals surface area contributed by atoms with Gasteiger partial charge in [0.1, 0.15) is 0 Å². The number of aromatic hydroxyl groups is 1. The van der Waals surface area contributed by atoms with Crippen LogP contribution in [0.3, 0.4) is 0 Å². The average Bonchev–Trinajstić information content (AvgIpc) is 2.65. The minimum atomic E-state index is -0.540. The summed E-state index contributed by atoms with van der Waals surface area (Å²) in [6.45, 7) is 0.961. The Labute approximate surface area is 106 Å². The lowest BCUT2D eigenvalue weighted by molar-refractivity contribution is -0.127. The molecule has 1 aromatic carbocycles. The Morgan fingerprint density at radius 2 is 2.28 bits per heavy atom. The van der Waals surface area contributed by atoms with Crippen molar-refractivity contribution in [3.8, 4) is 11.5 Å². The standard InChI is InChI=1S/C13H17NO4/c1-18-12-3-2-9(6-11(12)16)4-5-14-8-10(15)7-13(14)17/h2-3,6,10,15-16H,4-5,7-8H2,1H3. The van der Waals surface area contributed by atoms with Crippen LogP contribution in [0.1, 0.15) is 12.0 Å². The Hall–Kier alpha value is -1.75. The molecule has 18 heavy (non-hydrogen) atoms. The highest BCUT2D eigenvalue weighted by Gasteiger charge is 2.27. The molecule has 1 saturated heterocycles. The molecule has 0 aromatic heterocycles. The van der Waals surface area contributed by atoms with Crippen LogP contribution in [0, 0.1) is 0 Å². The van der Waals surface area contributed by atoms with Gasteiger partial charge in [0, 0.05) is 13.1 Å². The maximum absolute atomic E-state index is 11.5. The van der Waals surface area contributed by atoms with E-state index in [0.29, 0.717) is 25.3 Å². The molecule has 2 N–H and O–H groups in total. The lowest BCUT2D eigenvalue weighted by Gasteiger charge is -2.15. The summed E-state index contributed by atoms with van der Waals surface area (Å²) in [6.07, 6.45) is 0.325. The van der Waals surface area contributed by atoms with E-state index in [1.165, 1.54) is 7.11 Å². The molecular weight excluding hydrogens is 234 g/mol. The van der Waals surface area contributed by atoms with E-state index in [0.717, 1.165) is 5.56 Å². The van der Waals surface area contributed by atoms with Crippen LogP contribution < -0.4 is 4.74 Å². The molecule has 1 aliphatic rings. The van der Waals surface area contributed by atoms with Gasteiger partial charge in [-0.05, 0) is 24.1 Å². The molecule has 2 rings (SSSR count). The molecule has 1 heterocycles. The van der Waals surface area contributed by atoms with E-state index in [1.807, 2.05) is 6.07 Å². The van der Waals surface area contributed by atoms with E-state index >= 15 is 0 Å². The SMILES string of the molecule is COc1ccc(CCN2CC(O)CC2=O)cc1O. The summed E-state index contributed by atoms with van der Waals surface area (Å²) in [7, 11) is 1.50. The number of benzene rings is 1. The maximum Gasteiger partial charge on any atom is 0.225 e.